The average Bonchev–Trinajstić information content (AvgIpc) is 2.38. The van der Waals surface area contributed by atoms with E-state index in [2.05, 4.69) is 0 Å². The molecule has 0 aliphatic carbocycles. The van der Waals surface area contributed by atoms with Gasteiger partial charge in [-0.15, -0.1) is 0 Å². The molecule has 1 atom stereocenters. The van der Waals surface area contributed by atoms with Crippen LogP contribution in [0, 0.1) is 6.92 Å². The Morgan fingerprint density at radius 3 is 2.50 bits per heavy atom. The molecule has 0 saturated carbocycles. The van der Waals surface area contributed by atoms with E-state index in [1.54, 1.807) is 24.3 Å². The fourth-order valence-corrected chi connectivity index (χ4v) is 3.65. The lowest BCUT2D eigenvalue weighted by Crippen LogP contribution is -2.15. The molecule has 0 saturated heterocycles. The van der Waals surface area contributed by atoms with Gasteiger partial charge in [0.1, 0.15) is 0 Å². The second-order valence-electron chi connectivity index (χ2n) is 4.61. The van der Waals surface area contributed by atoms with E-state index >= 15 is 0 Å². The average molecular weight is 311 g/mol. The first kappa shape index (κ1) is 15.0. The van der Waals surface area contributed by atoms with Crippen molar-refractivity contribution in [1.82, 2.24) is 0 Å². The van der Waals surface area contributed by atoms with Crippen LogP contribution in [0.25, 0.3) is 0 Å². The maximum Gasteiger partial charge on any atom is 0.181 e. The first-order valence-corrected chi connectivity index (χ1v) is 8.15. The predicted molar refractivity (Wildman–Crippen MR) is 79.6 cm³/mol. The molecule has 0 aromatic heterocycles. The first-order chi connectivity index (χ1) is 9.40. The highest BCUT2D eigenvalue weighted by Crippen LogP contribution is 2.23. The summed E-state index contributed by atoms with van der Waals surface area (Å²) in [4.78, 5) is 0.123. The van der Waals surface area contributed by atoms with Crippen LogP contribution in [0.2, 0.25) is 5.02 Å². The SMILES string of the molecule is Cc1ccccc1C(O)CS(=O)(=O)c1cccc(Cl)c1. The van der Waals surface area contributed by atoms with Crippen molar-refractivity contribution in [3.63, 3.8) is 0 Å². The van der Waals surface area contributed by atoms with Crippen molar-refractivity contribution < 1.29 is 13.5 Å². The summed E-state index contributed by atoms with van der Waals surface area (Å²) in [7, 11) is -3.58. The van der Waals surface area contributed by atoms with Gasteiger partial charge in [-0.3, -0.25) is 0 Å². The Morgan fingerprint density at radius 1 is 1.15 bits per heavy atom. The van der Waals surface area contributed by atoms with E-state index in [-0.39, 0.29) is 10.6 Å². The van der Waals surface area contributed by atoms with Crippen LogP contribution in [0.3, 0.4) is 0 Å². The number of sulfone groups is 1. The van der Waals surface area contributed by atoms with Gasteiger partial charge >= 0.3 is 0 Å². The molecular weight excluding hydrogens is 296 g/mol. The Labute approximate surface area is 123 Å². The molecule has 0 aliphatic heterocycles. The summed E-state index contributed by atoms with van der Waals surface area (Å²) in [5.74, 6) is -0.363. The molecule has 5 heteroatoms. The molecular formula is C15H15ClO3S. The van der Waals surface area contributed by atoms with E-state index in [0.717, 1.165) is 5.56 Å². The molecule has 0 aliphatic rings. The standard InChI is InChI=1S/C15H15ClO3S/c1-11-5-2-3-8-14(11)15(17)10-20(18,19)13-7-4-6-12(16)9-13/h2-9,15,17H,10H2,1H3. The number of halogens is 1. The summed E-state index contributed by atoms with van der Waals surface area (Å²) in [5, 5.41) is 10.5. The normalized spacial score (nSPS) is 13.2. The van der Waals surface area contributed by atoms with Gasteiger partial charge < -0.3 is 5.11 Å². The van der Waals surface area contributed by atoms with E-state index in [1.807, 2.05) is 19.1 Å². The maximum atomic E-state index is 12.3. The molecule has 3 nitrogen and oxygen atoms in total. The fraction of sp³-hybridized carbons (Fsp3) is 0.200. The lowest BCUT2D eigenvalue weighted by molar-refractivity contribution is 0.201. The lowest BCUT2D eigenvalue weighted by Gasteiger charge is -2.14. The zero-order valence-electron chi connectivity index (χ0n) is 11.0. The van der Waals surface area contributed by atoms with Crippen LogP contribution >= 0.6 is 11.6 Å². The minimum Gasteiger partial charge on any atom is -0.387 e. The molecule has 1 unspecified atom stereocenters. The largest absolute Gasteiger partial charge is 0.387 e. The molecule has 2 aromatic carbocycles. The van der Waals surface area contributed by atoms with Gasteiger partial charge in [-0.1, -0.05) is 41.9 Å². The molecule has 2 aromatic rings. The third-order valence-electron chi connectivity index (χ3n) is 3.08. The summed E-state index contributed by atoms with van der Waals surface area (Å²) >= 11 is 5.80. The lowest BCUT2D eigenvalue weighted by atomic mass is 10.1. The number of benzene rings is 2. The highest BCUT2D eigenvalue weighted by Gasteiger charge is 2.22. The van der Waals surface area contributed by atoms with Crippen LogP contribution in [-0.4, -0.2) is 19.3 Å². The Bertz CT molecular complexity index is 711. The van der Waals surface area contributed by atoms with Crippen molar-refractivity contribution in [2.75, 3.05) is 5.75 Å². The topological polar surface area (TPSA) is 54.4 Å². The van der Waals surface area contributed by atoms with Gasteiger partial charge in [-0.25, -0.2) is 8.42 Å². The molecule has 0 fully saturated rings. The van der Waals surface area contributed by atoms with E-state index < -0.39 is 15.9 Å². The zero-order chi connectivity index (χ0) is 14.8. The fourth-order valence-electron chi connectivity index (χ4n) is 2.01. The van der Waals surface area contributed by atoms with Crippen molar-refractivity contribution in [3.8, 4) is 0 Å². The van der Waals surface area contributed by atoms with Gasteiger partial charge in [0.05, 0.1) is 16.8 Å². The number of hydrogen-bond donors (Lipinski definition) is 1. The molecule has 0 spiro atoms. The van der Waals surface area contributed by atoms with Gasteiger partial charge in [0.25, 0.3) is 0 Å². The van der Waals surface area contributed by atoms with Gasteiger partial charge in [0, 0.05) is 5.02 Å². The first-order valence-electron chi connectivity index (χ1n) is 6.12. The van der Waals surface area contributed by atoms with Crippen molar-refractivity contribution in [3.05, 3.63) is 64.7 Å². The third-order valence-corrected chi connectivity index (χ3v) is 5.04. The second-order valence-corrected chi connectivity index (χ2v) is 7.08. The van der Waals surface area contributed by atoms with Crippen molar-refractivity contribution in [2.24, 2.45) is 0 Å². The molecule has 0 amide bonds. The molecule has 20 heavy (non-hydrogen) atoms. The molecule has 106 valence electrons. The van der Waals surface area contributed by atoms with E-state index in [4.69, 9.17) is 11.6 Å². The van der Waals surface area contributed by atoms with Crippen LogP contribution in [0.4, 0.5) is 0 Å². The van der Waals surface area contributed by atoms with Crippen LogP contribution in [-0.2, 0) is 9.84 Å². The number of rotatable bonds is 4. The van der Waals surface area contributed by atoms with Crippen molar-refractivity contribution >= 4 is 21.4 Å². The summed E-state index contributed by atoms with van der Waals surface area (Å²) in [6.45, 7) is 1.84. The Kier molecular flexibility index (Phi) is 4.48. The minimum atomic E-state index is -3.58. The maximum absolute atomic E-state index is 12.3. The van der Waals surface area contributed by atoms with Crippen molar-refractivity contribution in [1.29, 1.82) is 0 Å². The van der Waals surface area contributed by atoms with Crippen LogP contribution in [0.15, 0.2) is 53.4 Å². The van der Waals surface area contributed by atoms with Crippen LogP contribution in [0.1, 0.15) is 17.2 Å². The Morgan fingerprint density at radius 2 is 1.85 bits per heavy atom. The molecule has 1 N–H and O–H groups in total. The summed E-state index contributed by atoms with van der Waals surface area (Å²) in [6, 6.07) is 13.2. The van der Waals surface area contributed by atoms with E-state index in [1.165, 1.54) is 12.1 Å². The van der Waals surface area contributed by atoms with Gasteiger partial charge in [0.15, 0.2) is 9.84 Å². The number of aryl methyl sites for hydroxylation is 1. The molecule has 0 bridgehead atoms. The third kappa shape index (κ3) is 3.39. The van der Waals surface area contributed by atoms with Gasteiger partial charge in [-0.05, 0) is 36.2 Å². The highest BCUT2D eigenvalue weighted by molar-refractivity contribution is 7.91. The number of aliphatic hydroxyl groups excluding tert-OH is 1. The minimum absolute atomic E-state index is 0.123. The van der Waals surface area contributed by atoms with Crippen LogP contribution in [0.5, 0.6) is 0 Å². The van der Waals surface area contributed by atoms with Gasteiger partial charge in [-0.2, -0.15) is 0 Å². The molecule has 0 heterocycles. The van der Waals surface area contributed by atoms with Gasteiger partial charge in [0.2, 0.25) is 0 Å². The highest BCUT2D eigenvalue weighted by atomic mass is 35.5. The molecule has 2 rings (SSSR count). The van der Waals surface area contributed by atoms with Crippen LogP contribution < -0.4 is 0 Å². The smallest absolute Gasteiger partial charge is 0.181 e. The Hall–Kier alpha value is -1.36. The predicted octanol–water partition coefficient (Wildman–Crippen LogP) is 3.16. The number of aliphatic hydroxyl groups is 1. The van der Waals surface area contributed by atoms with E-state index in [9.17, 15) is 13.5 Å². The van der Waals surface area contributed by atoms with Crippen molar-refractivity contribution in [2.45, 2.75) is 17.9 Å². The zero-order valence-corrected chi connectivity index (χ0v) is 12.5. The summed E-state index contributed by atoms with van der Waals surface area (Å²) < 4.78 is 24.5. The quantitative estimate of drug-likeness (QED) is 0.943. The summed E-state index contributed by atoms with van der Waals surface area (Å²) in [6.07, 6.45) is -1.06. The van der Waals surface area contributed by atoms with E-state index in [0.29, 0.717) is 10.6 Å². The molecule has 0 radical (unpaired) electrons. The monoisotopic (exact) mass is 310 g/mol. The Balaban J connectivity index is 2.27. The summed E-state index contributed by atoms with van der Waals surface area (Å²) in [5.41, 5.74) is 1.49. The number of hydrogen-bond acceptors (Lipinski definition) is 3. The second kappa shape index (κ2) is 5.95.